The number of imidazole rings is 1. The molecule has 0 amide bonds. The lowest BCUT2D eigenvalue weighted by atomic mass is 9.79. The molecule has 6 rings (SSSR count). The molecule has 3 heterocycles. The highest BCUT2D eigenvalue weighted by atomic mass is 16.7. The van der Waals surface area contributed by atoms with E-state index >= 15 is 0 Å². The molecule has 1 aliphatic heterocycles. The first kappa shape index (κ1) is 29.8. The number of carbonyl (C=O) groups is 1. The summed E-state index contributed by atoms with van der Waals surface area (Å²) in [7, 11) is -0.432. The van der Waals surface area contributed by atoms with Gasteiger partial charge in [0.1, 0.15) is 18.2 Å². The molecule has 0 bridgehead atoms. The maximum Gasteiger partial charge on any atom is 0.494 e. The smallest absolute Gasteiger partial charge is 0.487 e. The second-order valence-corrected chi connectivity index (χ2v) is 13.2. The number of rotatable bonds is 9. The van der Waals surface area contributed by atoms with Gasteiger partial charge in [-0.25, -0.2) is 9.97 Å². The van der Waals surface area contributed by atoms with Crippen LogP contribution in [0.15, 0.2) is 78.9 Å². The molecular formula is C35H38BN3O5. The van der Waals surface area contributed by atoms with Crippen molar-refractivity contribution in [3.05, 3.63) is 95.9 Å². The van der Waals surface area contributed by atoms with E-state index in [4.69, 9.17) is 24.0 Å². The van der Waals surface area contributed by atoms with E-state index in [0.717, 1.165) is 38.7 Å². The van der Waals surface area contributed by atoms with Crippen LogP contribution in [0.3, 0.4) is 0 Å². The average Bonchev–Trinajstić information content (AvgIpc) is 3.42. The summed E-state index contributed by atoms with van der Waals surface area (Å²) in [6, 6.07) is 26.0. The number of pyridine rings is 1. The minimum atomic E-state index is -0.985. The summed E-state index contributed by atoms with van der Waals surface area (Å²) in [5, 5.41) is 11.0. The first-order valence-electron chi connectivity index (χ1n) is 15.0. The monoisotopic (exact) mass is 591 g/mol. The van der Waals surface area contributed by atoms with Gasteiger partial charge in [0.15, 0.2) is 0 Å². The van der Waals surface area contributed by atoms with Gasteiger partial charge in [-0.1, -0.05) is 48.5 Å². The zero-order valence-corrected chi connectivity index (χ0v) is 26.1. The zero-order chi connectivity index (χ0) is 31.3. The summed E-state index contributed by atoms with van der Waals surface area (Å²) in [6.07, 6.45) is 0.278. The van der Waals surface area contributed by atoms with Crippen LogP contribution in [0.4, 0.5) is 0 Å². The summed E-state index contributed by atoms with van der Waals surface area (Å²) < 4.78 is 20.7. The number of nitrogens with zero attached hydrogens (tertiary/aromatic N) is 3. The molecule has 0 saturated carbocycles. The predicted octanol–water partition coefficient (Wildman–Crippen LogP) is 6.16. The van der Waals surface area contributed by atoms with Gasteiger partial charge in [0, 0.05) is 24.4 Å². The number of para-hydroxylation sites is 1. The molecule has 1 N–H and O–H groups in total. The molecular weight excluding hydrogens is 553 g/mol. The van der Waals surface area contributed by atoms with Crippen LogP contribution in [0, 0.1) is 5.41 Å². The van der Waals surface area contributed by atoms with Crippen molar-refractivity contribution >= 4 is 40.5 Å². The Bertz CT molecular complexity index is 1830. The number of benzene rings is 3. The highest BCUT2D eigenvalue weighted by Gasteiger charge is 2.51. The van der Waals surface area contributed by atoms with Crippen molar-refractivity contribution in [3.8, 4) is 5.75 Å². The van der Waals surface area contributed by atoms with Gasteiger partial charge in [0.25, 0.3) is 0 Å². The van der Waals surface area contributed by atoms with Crippen molar-refractivity contribution < 1.29 is 23.9 Å². The Labute approximate surface area is 258 Å². The Kier molecular flexibility index (Phi) is 7.50. The number of hydrogen-bond donors (Lipinski definition) is 1. The minimum Gasteiger partial charge on any atom is -0.487 e. The second-order valence-electron chi connectivity index (χ2n) is 13.2. The van der Waals surface area contributed by atoms with Crippen LogP contribution in [-0.4, -0.2) is 43.9 Å². The standard InChI is InChI=1S/C35H38BN3O5/c1-33(2,32(40)41)20-31-38-29-19-27(42-22-26-16-13-24-9-7-8-10-28(24)37-26)17-18-30(29)39(31)21-23-11-14-25(15-12-23)36-43-34(3,4)35(5,6)44-36/h7-19H,20-22H2,1-6H3,(H,40,41). The van der Waals surface area contributed by atoms with Gasteiger partial charge in [-0.2, -0.15) is 0 Å². The van der Waals surface area contributed by atoms with E-state index in [1.54, 1.807) is 13.8 Å². The highest BCUT2D eigenvalue weighted by molar-refractivity contribution is 6.62. The van der Waals surface area contributed by atoms with Gasteiger partial charge in [0.2, 0.25) is 0 Å². The molecule has 9 heteroatoms. The normalized spacial score (nSPS) is 16.1. The molecule has 226 valence electrons. The second kappa shape index (κ2) is 11.1. The number of carboxylic acids is 1. The van der Waals surface area contributed by atoms with Crippen LogP contribution in [0.2, 0.25) is 0 Å². The first-order chi connectivity index (χ1) is 20.8. The van der Waals surface area contributed by atoms with Crippen LogP contribution in [-0.2, 0) is 33.7 Å². The summed E-state index contributed by atoms with van der Waals surface area (Å²) in [6.45, 7) is 12.5. The Hall–Kier alpha value is -4.21. The third-order valence-electron chi connectivity index (χ3n) is 8.87. The molecule has 5 aromatic rings. The molecule has 0 spiro atoms. The van der Waals surface area contributed by atoms with Gasteiger partial charge in [0.05, 0.1) is 38.9 Å². The van der Waals surface area contributed by atoms with Crippen LogP contribution in [0.1, 0.15) is 58.6 Å². The molecule has 0 aliphatic carbocycles. The summed E-state index contributed by atoms with van der Waals surface area (Å²) in [5.74, 6) is 0.512. The maximum atomic E-state index is 12.0. The lowest BCUT2D eigenvalue weighted by Gasteiger charge is -2.32. The number of aliphatic carboxylic acids is 1. The SMILES string of the molecule is CC(C)(Cc1nc2cc(OCc3ccc4ccccc4n3)ccc2n1Cc1ccc(B2OC(C)(C)C(C)(C)O2)cc1)C(=O)O. The van der Waals surface area contributed by atoms with E-state index in [1.165, 1.54) is 0 Å². The van der Waals surface area contributed by atoms with E-state index in [2.05, 4.69) is 16.7 Å². The Morgan fingerprint density at radius 3 is 2.32 bits per heavy atom. The Morgan fingerprint density at radius 1 is 0.909 bits per heavy atom. The van der Waals surface area contributed by atoms with E-state index in [9.17, 15) is 9.90 Å². The van der Waals surface area contributed by atoms with Crippen LogP contribution >= 0.6 is 0 Å². The largest absolute Gasteiger partial charge is 0.494 e. The summed E-state index contributed by atoms with van der Waals surface area (Å²) in [5.41, 5.74) is 3.63. The van der Waals surface area contributed by atoms with E-state index in [1.807, 2.05) is 94.4 Å². The lowest BCUT2D eigenvalue weighted by Crippen LogP contribution is -2.41. The summed E-state index contributed by atoms with van der Waals surface area (Å²) >= 11 is 0. The van der Waals surface area contributed by atoms with Crippen molar-refractivity contribution in [3.63, 3.8) is 0 Å². The topological polar surface area (TPSA) is 95.7 Å². The third kappa shape index (κ3) is 5.82. The van der Waals surface area contributed by atoms with Crippen molar-refractivity contribution in [2.45, 2.75) is 72.3 Å². The van der Waals surface area contributed by atoms with Crippen molar-refractivity contribution in [1.29, 1.82) is 0 Å². The van der Waals surface area contributed by atoms with Crippen LogP contribution < -0.4 is 10.2 Å². The Balaban J connectivity index is 1.26. The van der Waals surface area contributed by atoms with E-state index in [-0.39, 0.29) is 6.42 Å². The molecule has 8 nitrogen and oxygen atoms in total. The molecule has 1 aliphatic rings. The fourth-order valence-corrected chi connectivity index (χ4v) is 5.32. The third-order valence-corrected chi connectivity index (χ3v) is 8.87. The fourth-order valence-electron chi connectivity index (χ4n) is 5.32. The first-order valence-corrected chi connectivity index (χ1v) is 15.0. The molecule has 44 heavy (non-hydrogen) atoms. The van der Waals surface area contributed by atoms with Gasteiger partial charge in [-0.05, 0) is 76.8 Å². The molecule has 3 aromatic carbocycles. The molecule has 0 unspecified atom stereocenters. The highest BCUT2D eigenvalue weighted by Crippen LogP contribution is 2.36. The van der Waals surface area contributed by atoms with Crippen molar-refractivity contribution in [2.75, 3.05) is 0 Å². The quantitative estimate of drug-likeness (QED) is 0.205. The number of fused-ring (bicyclic) bond motifs is 2. The zero-order valence-electron chi connectivity index (χ0n) is 26.1. The van der Waals surface area contributed by atoms with Crippen molar-refractivity contribution in [1.82, 2.24) is 14.5 Å². The Morgan fingerprint density at radius 2 is 1.61 bits per heavy atom. The predicted molar refractivity (Wildman–Crippen MR) is 172 cm³/mol. The van der Waals surface area contributed by atoms with Crippen LogP contribution in [0.25, 0.3) is 21.9 Å². The molecule has 0 atom stereocenters. The van der Waals surface area contributed by atoms with Crippen LogP contribution in [0.5, 0.6) is 5.75 Å². The van der Waals surface area contributed by atoms with E-state index in [0.29, 0.717) is 24.7 Å². The maximum absolute atomic E-state index is 12.0. The van der Waals surface area contributed by atoms with Gasteiger partial charge >= 0.3 is 13.1 Å². The number of ether oxygens (including phenoxy) is 1. The number of hydrogen-bond acceptors (Lipinski definition) is 6. The fraction of sp³-hybridized carbons (Fsp3) is 0.343. The van der Waals surface area contributed by atoms with Gasteiger partial charge < -0.3 is 23.7 Å². The molecule has 0 radical (unpaired) electrons. The molecule has 1 saturated heterocycles. The van der Waals surface area contributed by atoms with Crippen molar-refractivity contribution in [2.24, 2.45) is 5.41 Å². The number of carboxylic acid groups (broad SMARTS) is 1. The molecule has 1 fully saturated rings. The average molecular weight is 592 g/mol. The van der Waals surface area contributed by atoms with E-state index < -0.39 is 29.7 Å². The lowest BCUT2D eigenvalue weighted by molar-refractivity contribution is -0.146. The number of aromatic nitrogens is 3. The van der Waals surface area contributed by atoms with Gasteiger partial charge in [-0.15, -0.1) is 0 Å². The van der Waals surface area contributed by atoms with Gasteiger partial charge in [-0.3, -0.25) is 4.79 Å². The molecule has 2 aromatic heterocycles. The summed E-state index contributed by atoms with van der Waals surface area (Å²) in [4.78, 5) is 21.6. The minimum absolute atomic E-state index is 0.278.